The first kappa shape index (κ1) is 16.9. The van der Waals surface area contributed by atoms with E-state index in [-0.39, 0.29) is 12.3 Å². The number of hydrogen-bond acceptors (Lipinski definition) is 5. The fraction of sp³-hybridized carbons (Fsp3) is 0.412. The molecule has 0 saturated heterocycles. The third kappa shape index (κ3) is 3.83. The molecule has 2 aromatic rings. The Kier molecular flexibility index (Phi) is 5.26. The molecule has 6 heteroatoms. The van der Waals surface area contributed by atoms with Crippen molar-refractivity contribution in [1.29, 1.82) is 0 Å². The topological polar surface area (TPSA) is 64.8 Å². The van der Waals surface area contributed by atoms with Crippen molar-refractivity contribution in [1.82, 2.24) is 10.1 Å². The predicted molar refractivity (Wildman–Crippen MR) is 85.7 cm³/mol. The van der Waals surface area contributed by atoms with Crippen LogP contribution in [0.2, 0.25) is 0 Å². The van der Waals surface area contributed by atoms with Gasteiger partial charge in [0.1, 0.15) is 17.3 Å². The Balaban J connectivity index is 2.09. The Morgan fingerprint density at radius 1 is 1.26 bits per heavy atom. The molecule has 0 unspecified atom stereocenters. The van der Waals surface area contributed by atoms with Crippen LogP contribution in [0.15, 0.2) is 22.7 Å². The van der Waals surface area contributed by atoms with Gasteiger partial charge >= 0.3 is 0 Å². The Hall–Kier alpha value is -2.50. The molecule has 1 amide bonds. The van der Waals surface area contributed by atoms with E-state index in [4.69, 9.17) is 14.0 Å². The van der Waals surface area contributed by atoms with Gasteiger partial charge in [-0.1, -0.05) is 5.16 Å². The van der Waals surface area contributed by atoms with E-state index >= 15 is 0 Å². The molecule has 1 aromatic heterocycles. The van der Waals surface area contributed by atoms with Crippen LogP contribution in [0.25, 0.3) is 0 Å². The van der Waals surface area contributed by atoms with E-state index < -0.39 is 0 Å². The summed E-state index contributed by atoms with van der Waals surface area (Å²) in [5, 5.41) is 3.88. The zero-order valence-corrected chi connectivity index (χ0v) is 14.2. The quantitative estimate of drug-likeness (QED) is 0.819. The Labute approximate surface area is 136 Å². The summed E-state index contributed by atoms with van der Waals surface area (Å²) in [4.78, 5) is 14.1. The molecular weight excluding hydrogens is 296 g/mol. The number of nitrogens with zero attached hydrogens (tertiary/aromatic N) is 2. The van der Waals surface area contributed by atoms with Crippen LogP contribution < -0.4 is 9.47 Å². The minimum Gasteiger partial charge on any atom is -0.497 e. The standard InChI is InChI=1S/C17H22N2O4/c1-11-15(12(2)23-18-11)9-17(20)19(3)10-13-6-7-14(21-4)8-16(13)22-5/h6-8H,9-10H2,1-5H3. The molecule has 0 saturated carbocycles. The van der Waals surface area contributed by atoms with E-state index in [0.717, 1.165) is 22.6 Å². The number of hydrogen-bond donors (Lipinski definition) is 0. The average Bonchev–Trinajstić information content (AvgIpc) is 2.86. The van der Waals surface area contributed by atoms with Crippen LogP contribution in [-0.4, -0.2) is 37.2 Å². The molecule has 0 aliphatic rings. The summed E-state index contributed by atoms with van der Waals surface area (Å²) in [5.74, 6) is 2.10. The number of carbonyl (C=O) groups excluding carboxylic acids is 1. The van der Waals surface area contributed by atoms with Crippen molar-refractivity contribution in [2.45, 2.75) is 26.8 Å². The number of likely N-dealkylation sites (N-methyl/N-ethyl adjacent to an activating group) is 1. The lowest BCUT2D eigenvalue weighted by Crippen LogP contribution is -2.28. The molecule has 1 heterocycles. The van der Waals surface area contributed by atoms with Crippen molar-refractivity contribution >= 4 is 5.91 Å². The largest absolute Gasteiger partial charge is 0.497 e. The van der Waals surface area contributed by atoms with Crippen molar-refractivity contribution < 1.29 is 18.8 Å². The molecule has 1 aromatic carbocycles. The number of aryl methyl sites for hydroxylation is 2. The third-order valence-electron chi connectivity index (χ3n) is 3.84. The molecule has 0 aliphatic carbocycles. The zero-order valence-electron chi connectivity index (χ0n) is 14.2. The molecule has 6 nitrogen and oxygen atoms in total. The highest BCUT2D eigenvalue weighted by molar-refractivity contribution is 5.79. The van der Waals surface area contributed by atoms with E-state index in [9.17, 15) is 4.79 Å². The molecule has 0 N–H and O–H groups in total. The molecule has 2 rings (SSSR count). The van der Waals surface area contributed by atoms with Crippen LogP contribution in [-0.2, 0) is 17.8 Å². The van der Waals surface area contributed by atoms with Gasteiger partial charge < -0.3 is 18.9 Å². The van der Waals surface area contributed by atoms with Crippen LogP contribution in [0.5, 0.6) is 11.5 Å². The van der Waals surface area contributed by atoms with Crippen LogP contribution >= 0.6 is 0 Å². The first-order valence-electron chi connectivity index (χ1n) is 7.32. The van der Waals surface area contributed by atoms with Gasteiger partial charge in [0.05, 0.1) is 26.3 Å². The van der Waals surface area contributed by atoms with Gasteiger partial charge in [0.15, 0.2) is 0 Å². The fourth-order valence-electron chi connectivity index (χ4n) is 2.37. The summed E-state index contributed by atoms with van der Waals surface area (Å²) < 4.78 is 15.7. The second-order valence-corrected chi connectivity index (χ2v) is 5.41. The first-order valence-corrected chi connectivity index (χ1v) is 7.32. The minimum atomic E-state index is -0.00253. The maximum atomic E-state index is 12.4. The molecular formula is C17H22N2O4. The zero-order chi connectivity index (χ0) is 17.0. The molecule has 124 valence electrons. The number of rotatable bonds is 6. The van der Waals surface area contributed by atoms with E-state index in [1.165, 1.54) is 0 Å². The highest BCUT2D eigenvalue weighted by Gasteiger charge is 2.17. The van der Waals surface area contributed by atoms with Crippen molar-refractivity contribution in [3.8, 4) is 11.5 Å². The summed E-state index contributed by atoms with van der Waals surface area (Å²) in [5.41, 5.74) is 2.53. The predicted octanol–water partition coefficient (Wildman–Crippen LogP) is 2.51. The normalized spacial score (nSPS) is 10.5. The second kappa shape index (κ2) is 7.17. The summed E-state index contributed by atoms with van der Waals surface area (Å²) in [6.07, 6.45) is 0.274. The van der Waals surface area contributed by atoms with Gasteiger partial charge in [-0.2, -0.15) is 0 Å². The van der Waals surface area contributed by atoms with Gasteiger partial charge in [-0.15, -0.1) is 0 Å². The first-order chi connectivity index (χ1) is 11.0. The van der Waals surface area contributed by atoms with Crippen LogP contribution in [0.4, 0.5) is 0 Å². The van der Waals surface area contributed by atoms with Gasteiger partial charge in [-0.25, -0.2) is 0 Å². The Morgan fingerprint density at radius 2 is 2.00 bits per heavy atom. The van der Waals surface area contributed by atoms with Crippen molar-refractivity contribution in [2.24, 2.45) is 0 Å². The summed E-state index contributed by atoms with van der Waals surface area (Å²) in [7, 11) is 4.97. The maximum absolute atomic E-state index is 12.4. The lowest BCUT2D eigenvalue weighted by Gasteiger charge is -2.19. The van der Waals surface area contributed by atoms with Gasteiger partial charge in [0.2, 0.25) is 5.91 Å². The van der Waals surface area contributed by atoms with E-state index in [0.29, 0.717) is 18.1 Å². The van der Waals surface area contributed by atoms with E-state index in [1.54, 1.807) is 26.2 Å². The van der Waals surface area contributed by atoms with Gasteiger partial charge in [-0.05, 0) is 26.0 Å². The van der Waals surface area contributed by atoms with Crippen LogP contribution in [0.1, 0.15) is 22.6 Å². The smallest absolute Gasteiger partial charge is 0.227 e. The van der Waals surface area contributed by atoms with Crippen LogP contribution in [0, 0.1) is 13.8 Å². The van der Waals surface area contributed by atoms with Crippen LogP contribution in [0.3, 0.4) is 0 Å². The molecule has 0 radical (unpaired) electrons. The van der Waals surface area contributed by atoms with E-state index in [1.807, 2.05) is 32.0 Å². The number of methoxy groups -OCH3 is 2. The van der Waals surface area contributed by atoms with Crippen molar-refractivity contribution in [3.63, 3.8) is 0 Å². The highest BCUT2D eigenvalue weighted by atomic mass is 16.5. The van der Waals surface area contributed by atoms with Gasteiger partial charge in [0.25, 0.3) is 0 Å². The third-order valence-corrected chi connectivity index (χ3v) is 3.84. The van der Waals surface area contributed by atoms with Gasteiger partial charge in [-0.3, -0.25) is 4.79 Å². The highest BCUT2D eigenvalue weighted by Crippen LogP contribution is 2.25. The lowest BCUT2D eigenvalue weighted by atomic mass is 10.1. The number of benzene rings is 1. The molecule has 0 bridgehead atoms. The molecule has 0 fully saturated rings. The lowest BCUT2D eigenvalue weighted by molar-refractivity contribution is -0.129. The minimum absolute atomic E-state index is 0.00253. The molecule has 0 aliphatic heterocycles. The molecule has 0 atom stereocenters. The number of carbonyl (C=O) groups is 1. The van der Waals surface area contributed by atoms with E-state index in [2.05, 4.69) is 5.16 Å². The Morgan fingerprint density at radius 3 is 2.57 bits per heavy atom. The second-order valence-electron chi connectivity index (χ2n) is 5.41. The fourth-order valence-corrected chi connectivity index (χ4v) is 2.37. The number of amides is 1. The number of aromatic nitrogens is 1. The summed E-state index contributed by atoms with van der Waals surface area (Å²) in [6, 6.07) is 5.56. The van der Waals surface area contributed by atoms with Crippen molar-refractivity contribution in [3.05, 3.63) is 40.8 Å². The molecule has 23 heavy (non-hydrogen) atoms. The summed E-state index contributed by atoms with van der Waals surface area (Å²) in [6.45, 7) is 4.11. The van der Waals surface area contributed by atoms with Crippen molar-refractivity contribution in [2.75, 3.05) is 21.3 Å². The number of ether oxygens (including phenoxy) is 2. The molecule has 0 spiro atoms. The monoisotopic (exact) mass is 318 g/mol. The Bertz CT molecular complexity index is 674. The summed E-state index contributed by atoms with van der Waals surface area (Å²) >= 11 is 0. The maximum Gasteiger partial charge on any atom is 0.227 e. The van der Waals surface area contributed by atoms with Gasteiger partial charge in [0, 0.05) is 30.8 Å². The SMILES string of the molecule is COc1ccc(CN(C)C(=O)Cc2c(C)noc2C)c(OC)c1. The average molecular weight is 318 g/mol.